The fourth-order valence-electron chi connectivity index (χ4n) is 2.64. The van der Waals surface area contributed by atoms with Crippen LogP contribution in [0.5, 0.6) is 0 Å². The van der Waals surface area contributed by atoms with E-state index in [1.54, 1.807) is 6.26 Å². The van der Waals surface area contributed by atoms with Crippen LogP contribution < -0.4 is 5.73 Å². The van der Waals surface area contributed by atoms with Gasteiger partial charge in [0.1, 0.15) is 12.0 Å². The minimum atomic E-state index is 0.179. The van der Waals surface area contributed by atoms with Crippen molar-refractivity contribution in [2.75, 3.05) is 5.73 Å². The quantitative estimate of drug-likeness (QED) is 0.579. The maximum atomic E-state index is 5.56. The summed E-state index contributed by atoms with van der Waals surface area (Å²) in [5.74, 6) is 0. The molecule has 2 heterocycles. The van der Waals surface area contributed by atoms with Gasteiger partial charge in [-0.15, -0.1) is 0 Å². The molecule has 4 aromatic rings. The number of oxazole rings is 1. The number of nitrogens with zero attached hydrogens (tertiary/aromatic N) is 1. The molecule has 4 rings (SSSR count). The molecule has 0 atom stereocenters. The molecule has 0 aliphatic rings. The molecule has 0 spiro atoms. The Morgan fingerprint density at radius 1 is 0.952 bits per heavy atom. The van der Waals surface area contributed by atoms with Crippen LogP contribution in [0.1, 0.15) is 0 Å². The second-order valence-corrected chi connectivity index (χ2v) is 4.87. The third-order valence-corrected chi connectivity index (χ3v) is 3.60. The molecule has 0 unspecified atom stereocenters. The number of aromatic nitrogens is 2. The number of hydrogen-bond acceptors (Lipinski definition) is 3. The first-order valence-electron chi connectivity index (χ1n) is 6.70. The summed E-state index contributed by atoms with van der Waals surface area (Å²) < 4.78 is 5.10. The molecule has 2 aromatic heterocycles. The monoisotopic (exact) mass is 275 g/mol. The summed E-state index contributed by atoms with van der Waals surface area (Å²) >= 11 is 0. The van der Waals surface area contributed by atoms with E-state index < -0.39 is 0 Å². The highest BCUT2D eigenvalue weighted by molar-refractivity contribution is 6.02. The van der Waals surface area contributed by atoms with Crippen molar-refractivity contribution in [3.8, 4) is 22.4 Å². The highest BCUT2D eigenvalue weighted by atomic mass is 16.4. The van der Waals surface area contributed by atoms with Gasteiger partial charge in [0.2, 0.25) is 0 Å². The Bertz CT molecular complexity index is 906. The number of hydrogen-bond donors (Lipinski definition) is 2. The number of benzene rings is 2. The molecule has 0 aliphatic heterocycles. The minimum absolute atomic E-state index is 0.179. The van der Waals surface area contributed by atoms with E-state index in [1.165, 1.54) is 5.56 Å². The Labute approximate surface area is 121 Å². The lowest BCUT2D eigenvalue weighted by Crippen LogP contribution is -1.83. The maximum absolute atomic E-state index is 5.56. The van der Waals surface area contributed by atoms with Gasteiger partial charge in [-0.3, -0.25) is 0 Å². The van der Waals surface area contributed by atoms with Crippen molar-refractivity contribution in [1.29, 1.82) is 0 Å². The largest absolute Gasteiger partial charge is 0.432 e. The first kappa shape index (κ1) is 11.8. The number of para-hydroxylation sites is 1. The Hall–Kier alpha value is -3.01. The van der Waals surface area contributed by atoms with Crippen LogP contribution in [0.3, 0.4) is 0 Å². The van der Waals surface area contributed by atoms with E-state index in [9.17, 15) is 0 Å². The standard InChI is InChI=1S/C17H13N3O/c18-17-20-15(10-21-17)14-9-19-16-12(7-4-8-13(14)16)11-5-2-1-3-6-11/h1-10,19H,(H2,18,20). The second-order valence-electron chi connectivity index (χ2n) is 4.87. The number of nitrogens with one attached hydrogen (secondary N) is 1. The molecule has 0 bridgehead atoms. The molecule has 102 valence electrons. The molecule has 4 nitrogen and oxygen atoms in total. The molecule has 21 heavy (non-hydrogen) atoms. The van der Waals surface area contributed by atoms with Crippen LogP contribution in [0.25, 0.3) is 33.3 Å². The lowest BCUT2D eigenvalue weighted by molar-refractivity contribution is 0.581. The van der Waals surface area contributed by atoms with Gasteiger partial charge in [-0.25, -0.2) is 0 Å². The second kappa shape index (κ2) is 4.52. The van der Waals surface area contributed by atoms with Crippen molar-refractivity contribution in [2.45, 2.75) is 0 Å². The SMILES string of the molecule is Nc1nc(-c2c[nH]c3c(-c4ccccc4)cccc23)co1. The van der Waals surface area contributed by atoms with Crippen LogP contribution in [0.15, 0.2) is 65.4 Å². The van der Waals surface area contributed by atoms with Crippen molar-refractivity contribution < 1.29 is 4.42 Å². The van der Waals surface area contributed by atoms with Gasteiger partial charge in [0.15, 0.2) is 0 Å². The highest BCUT2D eigenvalue weighted by Crippen LogP contribution is 2.34. The van der Waals surface area contributed by atoms with E-state index in [0.29, 0.717) is 0 Å². The topological polar surface area (TPSA) is 67.8 Å². The number of H-pyrrole nitrogens is 1. The Morgan fingerprint density at radius 2 is 1.81 bits per heavy atom. The van der Waals surface area contributed by atoms with E-state index in [-0.39, 0.29) is 6.01 Å². The van der Waals surface area contributed by atoms with Crippen molar-refractivity contribution in [3.05, 3.63) is 61.0 Å². The lowest BCUT2D eigenvalue weighted by Gasteiger charge is -2.03. The molecule has 0 saturated heterocycles. The van der Waals surface area contributed by atoms with Gasteiger partial charge in [0.25, 0.3) is 6.01 Å². The van der Waals surface area contributed by atoms with E-state index in [2.05, 4.69) is 34.2 Å². The average molecular weight is 275 g/mol. The average Bonchev–Trinajstić information content (AvgIpc) is 3.13. The summed E-state index contributed by atoms with van der Waals surface area (Å²) in [7, 11) is 0. The molecular formula is C17H13N3O. The van der Waals surface area contributed by atoms with Gasteiger partial charge in [-0.05, 0) is 5.56 Å². The maximum Gasteiger partial charge on any atom is 0.292 e. The number of anilines is 1. The van der Waals surface area contributed by atoms with Crippen molar-refractivity contribution in [1.82, 2.24) is 9.97 Å². The number of nitrogen functional groups attached to an aromatic ring is 1. The van der Waals surface area contributed by atoms with Crippen molar-refractivity contribution >= 4 is 16.9 Å². The molecule has 0 saturated carbocycles. The van der Waals surface area contributed by atoms with Crippen molar-refractivity contribution in [3.63, 3.8) is 0 Å². The van der Waals surface area contributed by atoms with Gasteiger partial charge in [-0.1, -0.05) is 48.5 Å². The number of nitrogens with two attached hydrogens (primary N) is 1. The summed E-state index contributed by atoms with van der Waals surface area (Å²) in [6.07, 6.45) is 3.52. The molecule has 0 aliphatic carbocycles. The van der Waals surface area contributed by atoms with Gasteiger partial charge in [0.05, 0.1) is 5.52 Å². The zero-order valence-electron chi connectivity index (χ0n) is 11.2. The normalized spacial score (nSPS) is 11.0. The third-order valence-electron chi connectivity index (χ3n) is 3.60. The van der Waals surface area contributed by atoms with Gasteiger partial charge >= 0.3 is 0 Å². The zero-order valence-corrected chi connectivity index (χ0v) is 11.2. The summed E-state index contributed by atoms with van der Waals surface area (Å²) in [5.41, 5.74) is 10.7. The molecule has 2 aromatic carbocycles. The fourth-order valence-corrected chi connectivity index (χ4v) is 2.64. The van der Waals surface area contributed by atoms with Crippen LogP contribution in [0, 0.1) is 0 Å². The lowest BCUT2D eigenvalue weighted by atomic mass is 10.0. The predicted octanol–water partition coefficient (Wildman–Crippen LogP) is 4.07. The Balaban J connectivity index is 1.95. The summed E-state index contributed by atoms with van der Waals surface area (Å²) in [6.45, 7) is 0. The van der Waals surface area contributed by atoms with Gasteiger partial charge in [-0.2, -0.15) is 4.98 Å². The van der Waals surface area contributed by atoms with Crippen LogP contribution >= 0.6 is 0 Å². The Morgan fingerprint density at radius 3 is 2.57 bits per heavy atom. The number of fused-ring (bicyclic) bond motifs is 1. The number of aromatic amines is 1. The molecular weight excluding hydrogens is 262 g/mol. The van der Waals surface area contributed by atoms with Gasteiger partial charge < -0.3 is 15.1 Å². The third kappa shape index (κ3) is 1.89. The van der Waals surface area contributed by atoms with Gasteiger partial charge in [0, 0.05) is 22.7 Å². The summed E-state index contributed by atoms with van der Waals surface area (Å²) in [5, 5.41) is 1.10. The number of rotatable bonds is 2. The molecule has 0 fully saturated rings. The molecule has 3 N–H and O–H groups in total. The minimum Gasteiger partial charge on any atom is -0.432 e. The summed E-state index contributed by atoms with van der Waals surface area (Å²) in [6, 6.07) is 16.7. The van der Waals surface area contributed by atoms with E-state index >= 15 is 0 Å². The van der Waals surface area contributed by atoms with E-state index in [4.69, 9.17) is 10.2 Å². The highest BCUT2D eigenvalue weighted by Gasteiger charge is 2.12. The molecule has 0 radical (unpaired) electrons. The Kier molecular flexibility index (Phi) is 2.54. The van der Waals surface area contributed by atoms with E-state index in [0.717, 1.165) is 27.7 Å². The van der Waals surface area contributed by atoms with Crippen LogP contribution in [0.4, 0.5) is 6.01 Å². The van der Waals surface area contributed by atoms with Crippen molar-refractivity contribution in [2.24, 2.45) is 0 Å². The molecule has 0 amide bonds. The van der Waals surface area contributed by atoms with Crippen LogP contribution in [-0.2, 0) is 0 Å². The predicted molar refractivity (Wildman–Crippen MR) is 83.6 cm³/mol. The zero-order chi connectivity index (χ0) is 14.2. The smallest absolute Gasteiger partial charge is 0.292 e. The first-order chi connectivity index (χ1) is 10.3. The van der Waals surface area contributed by atoms with E-state index in [1.807, 2.05) is 30.5 Å². The van der Waals surface area contributed by atoms with Crippen LogP contribution in [0.2, 0.25) is 0 Å². The molecule has 4 heteroatoms. The summed E-state index contributed by atoms with van der Waals surface area (Å²) in [4.78, 5) is 7.54. The van der Waals surface area contributed by atoms with Crippen LogP contribution in [-0.4, -0.2) is 9.97 Å². The fraction of sp³-hybridized carbons (Fsp3) is 0. The first-order valence-corrected chi connectivity index (χ1v) is 6.70.